The first-order chi connectivity index (χ1) is 13.9. The number of rotatable bonds is 5. The molecule has 0 atom stereocenters. The summed E-state index contributed by atoms with van der Waals surface area (Å²) in [5.41, 5.74) is 0. The van der Waals surface area contributed by atoms with E-state index in [1.807, 2.05) is 0 Å². The maximum absolute atomic E-state index is 2.64. The molecule has 0 saturated heterocycles. The fourth-order valence-electron chi connectivity index (χ4n) is 6.90. The lowest BCUT2D eigenvalue weighted by atomic mass is 9.69. The van der Waals surface area contributed by atoms with Gasteiger partial charge in [0.25, 0.3) is 0 Å². The Morgan fingerprint density at radius 1 is 0.286 bits per heavy atom. The Hall–Kier alpha value is -0.520. The van der Waals surface area contributed by atoms with Gasteiger partial charge < -0.3 is 0 Å². The van der Waals surface area contributed by atoms with Gasteiger partial charge in [-0.1, -0.05) is 62.8 Å². The summed E-state index contributed by atoms with van der Waals surface area (Å²) >= 11 is 0. The lowest BCUT2D eigenvalue weighted by molar-refractivity contribution is 0.166. The quantitative estimate of drug-likeness (QED) is 0.416. The van der Waals surface area contributed by atoms with E-state index in [1.165, 1.54) is 116 Å². The average Bonchev–Trinajstić information content (AvgIpc) is 2.78. The molecule has 0 heteroatoms. The highest BCUT2D eigenvalue weighted by atomic mass is 14.3. The first-order valence-corrected chi connectivity index (χ1v) is 13.2. The van der Waals surface area contributed by atoms with Gasteiger partial charge in [0.2, 0.25) is 0 Å². The lowest BCUT2D eigenvalue weighted by Crippen LogP contribution is -2.25. The molecule has 0 aromatic heterocycles. The summed E-state index contributed by atoms with van der Waals surface area (Å²) in [4.78, 5) is 0. The number of hydrogen-bond acceptors (Lipinski definition) is 0. The van der Waals surface area contributed by atoms with E-state index in [2.05, 4.69) is 24.3 Å². The van der Waals surface area contributed by atoms with E-state index in [-0.39, 0.29) is 0 Å². The Balaban J connectivity index is 1.14. The second-order valence-corrected chi connectivity index (χ2v) is 10.9. The number of allylic oxidation sites excluding steroid dienone is 4. The molecule has 4 aliphatic rings. The molecule has 0 N–H and O–H groups in total. The third kappa shape index (κ3) is 6.24. The van der Waals surface area contributed by atoms with Crippen LogP contribution in [0.4, 0.5) is 0 Å². The standard InChI is InChI=1S/C28H46/c1-3-7-23(8-4-1)11-13-25-15-19-27(20-16-25)28-21-17-26(18-22-28)14-12-24-9-5-2-6-10-24/h11-14,23-28H,1-10,15-22H2/b13-11+,14-12+. The highest BCUT2D eigenvalue weighted by molar-refractivity contribution is 4.98. The third-order valence-electron chi connectivity index (χ3n) is 8.91. The van der Waals surface area contributed by atoms with Gasteiger partial charge in [-0.15, -0.1) is 0 Å². The average molecular weight is 383 g/mol. The molecular weight excluding hydrogens is 336 g/mol. The monoisotopic (exact) mass is 382 g/mol. The van der Waals surface area contributed by atoms with E-state index in [4.69, 9.17) is 0 Å². The van der Waals surface area contributed by atoms with Gasteiger partial charge >= 0.3 is 0 Å². The molecule has 4 aliphatic carbocycles. The molecule has 4 fully saturated rings. The van der Waals surface area contributed by atoms with Crippen molar-refractivity contribution in [1.29, 1.82) is 0 Å². The molecule has 0 radical (unpaired) electrons. The van der Waals surface area contributed by atoms with Crippen molar-refractivity contribution in [2.45, 2.75) is 116 Å². The normalized spacial score (nSPS) is 37.0. The van der Waals surface area contributed by atoms with E-state index < -0.39 is 0 Å². The largest absolute Gasteiger partial charge is 0.0851 e. The second kappa shape index (κ2) is 11.0. The Morgan fingerprint density at radius 3 is 0.893 bits per heavy atom. The number of hydrogen-bond donors (Lipinski definition) is 0. The van der Waals surface area contributed by atoms with E-state index in [0.29, 0.717) is 0 Å². The molecule has 0 amide bonds. The van der Waals surface area contributed by atoms with Gasteiger partial charge in [0, 0.05) is 0 Å². The van der Waals surface area contributed by atoms with Gasteiger partial charge in [-0.2, -0.15) is 0 Å². The Bertz CT molecular complexity index is 426. The third-order valence-corrected chi connectivity index (χ3v) is 8.91. The summed E-state index contributed by atoms with van der Waals surface area (Å²) in [7, 11) is 0. The van der Waals surface area contributed by atoms with Crippen LogP contribution in [0.5, 0.6) is 0 Å². The molecule has 0 unspecified atom stereocenters. The minimum atomic E-state index is 0.910. The van der Waals surface area contributed by atoms with Crippen molar-refractivity contribution in [3.8, 4) is 0 Å². The first kappa shape index (κ1) is 20.7. The van der Waals surface area contributed by atoms with Crippen molar-refractivity contribution in [2.24, 2.45) is 35.5 Å². The van der Waals surface area contributed by atoms with Crippen LogP contribution in [0.1, 0.15) is 116 Å². The molecule has 0 aromatic carbocycles. The van der Waals surface area contributed by atoms with Crippen molar-refractivity contribution < 1.29 is 0 Å². The Labute approximate surface area is 175 Å². The summed E-state index contributed by atoms with van der Waals surface area (Å²) in [5, 5.41) is 0. The zero-order chi connectivity index (χ0) is 19.0. The SMILES string of the molecule is C(=C\C1CCC(C2CCC(/C=C/C3CCCCC3)CC2)CC1)/C1CCCCC1. The molecule has 4 saturated carbocycles. The molecule has 0 bridgehead atoms. The van der Waals surface area contributed by atoms with Crippen LogP contribution >= 0.6 is 0 Å². The van der Waals surface area contributed by atoms with E-state index >= 15 is 0 Å². The molecule has 0 aromatic rings. The minimum absolute atomic E-state index is 0.910. The summed E-state index contributed by atoms with van der Waals surface area (Å²) in [6, 6.07) is 0. The van der Waals surface area contributed by atoms with Crippen LogP contribution in [-0.2, 0) is 0 Å². The van der Waals surface area contributed by atoms with Crippen LogP contribution < -0.4 is 0 Å². The molecule has 0 nitrogen and oxygen atoms in total. The summed E-state index contributed by atoms with van der Waals surface area (Å²) in [6.07, 6.45) is 37.2. The molecule has 0 aliphatic heterocycles. The van der Waals surface area contributed by atoms with Crippen molar-refractivity contribution >= 4 is 0 Å². The van der Waals surface area contributed by atoms with Gasteiger partial charge in [0.15, 0.2) is 0 Å². The fraction of sp³-hybridized carbons (Fsp3) is 0.857. The van der Waals surface area contributed by atoms with E-state index in [0.717, 1.165) is 35.5 Å². The first-order valence-electron chi connectivity index (χ1n) is 13.2. The zero-order valence-corrected chi connectivity index (χ0v) is 18.5. The molecule has 28 heavy (non-hydrogen) atoms. The van der Waals surface area contributed by atoms with Gasteiger partial charge in [-0.3, -0.25) is 0 Å². The molecular formula is C28H46. The van der Waals surface area contributed by atoms with E-state index in [9.17, 15) is 0 Å². The minimum Gasteiger partial charge on any atom is -0.0851 e. The van der Waals surface area contributed by atoms with Crippen molar-refractivity contribution in [3.63, 3.8) is 0 Å². The van der Waals surface area contributed by atoms with Crippen molar-refractivity contribution in [1.82, 2.24) is 0 Å². The predicted molar refractivity (Wildman–Crippen MR) is 122 cm³/mol. The van der Waals surface area contributed by atoms with Crippen LogP contribution in [-0.4, -0.2) is 0 Å². The zero-order valence-electron chi connectivity index (χ0n) is 18.5. The topological polar surface area (TPSA) is 0 Å². The molecule has 0 spiro atoms. The fourth-order valence-corrected chi connectivity index (χ4v) is 6.90. The van der Waals surface area contributed by atoms with Crippen LogP contribution in [0, 0.1) is 35.5 Å². The smallest absolute Gasteiger partial charge is 0.0233 e. The van der Waals surface area contributed by atoms with Gasteiger partial charge in [0.1, 0.15) is 0 Å². The lowest BCUT2D eigenvalue weighted by Gasteiger charge is -2.37. The highest BCUT2D eigenvalue weighted by Crippen LogP contribution is 2.42. The summed E-state index contributed by atoms with van der Waals surface area (Å²) in [6.45, 7) is 0. The molecule has 4 rings (SSSR count). The van der Waals surface area contributed by atoms with Gasteiger partial charge in [-0.25, -0.2) is 0 Å². The maximum Gasteiger partial charge on any atom is -0.0233 e. The maximum atomic E-state index is 2.64. The summed E-state index contributed by atoms with van der Waals surface area (Å²) < 4.78 is 0. The summed E-state index contributed by atoms with van der Waals surface area (Å²) in [5.74, 6) is 5.78. The van der Waals surface area contributed by atoms with Crippen LogP contribution in [0.25, 0.3) is 0 Å². The Kier molecular flexibility index (Phi) is 8.17. The van der Waals surface area contributed by atoms with Crippen molar-refractivity contribution in [2.75, 3.05) is 0 Å². The molecule has 0 heterocycles. The van der Waals surface area contributed by atoms with Gasteiger partial charge in [0.05, 0.1) is 0 Å². The van der Waals surface area contributed by atoms with Crippen LogP contribution in [0.15, 0.2) is 24.3 Å². The van der Waals surface area contributed by atoms with Crippen LogP contribution in [0.2, 0.25) is 0 Å². The second-order valence-electron chi connectivity index (χ2n) is 10.9. The van der Waals surface area contributed by atoms with Crippen LogP contribution in [0.3, 0.4) is 0 Å². The Morgan fingerprint density at radius 2 is 0.571 bits per heavy atom. The van der Waals surface area contributed by atoms with Gasteiger partial charge in [-0.05, 0) is 113 Å². The predicted octanol–water partition coefficient (Wildman–Crippen LogP) is 8.87. The van der Waals surface area contributed by atoms with Crippen molar-refractivity contribution in [3.05, 3.63) is 24.3 Å². The van der Waals surface area contributed by atoms with E-state index in [1.54, 1.807) is 0 Å². The highest BCUT2D eigenvalue weighted by Gasteiger charge is 2.30. The molecule has 158 valence electrons.